The highest BCUT2D eigenvalue weighted by Gasteiger charge is 2.32. The van der Waals surface area contributed by atoms with Crippen LogP contribution < -0.4 is 0 Å². The van der Waals surface area contributed by atoms with Crippen molar-refractivity contribution < 1.29 is 13.7 Å². The van der Waals surface area contributed by atoms with E-state index in [9.17, 15) is 4.79 Å². The van der Waals surface area contributed by atoms with Gasteiger partial charge in [-0.25, -0.2) is 0 Å². The maximum atomic E-state index is 12.3. The van der Waals surface area contributed by atoms with E-state index in [4.69, 9.17) is 8.94 Å². The molecule has 1 saturated heterocycles. The highest BCUT2D eigenvalue weighted by Crippen LogP contribution is 2.28. The van der Waals surface area contributed by atoms with Crippen LogP contribution in [0.3, 0.4) is 0 Å². The number of aromatic nitrogens is 2. The molecule has 0 saturated carbocycles. The lowest BCUT2D eigenvalue weighted by Gasteiger charge is -2.13. The van der Waals surface area contributed by atoms with E-state index in [0.29, 0.717) is 30.6 Å². The number of benzene rings is 1. The van der Waals surface area contributed by atoms with Gasteiger partial charge in [-0.3, -0.25) is 4.79 Å². The van der Waals surface area contributed by atoms with Crippen molar-refractivity contribution in [1.82, 2.24) is 15.0 Å². The summed E-state index contributed by atoms with van der Waals surface area (Å²) in [5, 5.41) is 4.08. The lowest BCUT2D eigenvalue weighted by atomic mass is 10.1. The molecular weight excluding hydrogens is 294 g/mol. The Balaban J connectivity index is 1.48. The predicted molar refractivity (Wildman–Crippen MR) is 81.7 cm³/mol. The molecule has 3 heterocycles. The molecular formula is C17H15N3O3. The molecule has 6 nitrogen and oxygen atoms in total. The Bertz CT molecular complexity index is 796. The SMILES string of the molecule is O=C(c1ccco1)N1CC[C@@H](c2noc(-c3ccccc3)n2)C1. The van der Waals surface area contributed by atoms with Gasteiger partial charge in [-0.1, -0.05) is 23.4 Å². The zero-order valence-corrected chi connectivity index (χ0v) is 12.4. The van der Waals surface area contributed by atoms with Crippen LogP contribution in [0.2, 0.25) is 0 Å². The third kappa shape index (κ3) is 2.63. The molecule has 0 N–H and O–H groups in total. The van der Waals surface area contributed by atoms with Crippen LogP contribution in [0.25, 0.3) is 11.5 Å². The molecule has 0 spiro atoms. The van der Waals surface area contributed by atoms with Gasteiger partial charge in [0.2, 0.25) is 0 Å². The van der Waals surface area contributed by atoms with Crippen molar-refractivity contribution in [1.29, 1.82) is 0 Å². The Labute approximate surface area is 132 Å². The maximum absolute atomic E-state index is 12.3. The minimum atomic E-state index is -0.0933. The van der Waals surface area contributed by atoms with E-state index in [2.05, 4.69) is 10.1 Å². The van der Waals surface area contributed by atoms with Gasteiger partial charge in [-0.15, -0.1) is 0 Å². The van der Waals surface area contributed by atoms with Gasteiger partial charge in [-0.05, 0) is 30.7 Å². The summed E-state index contributed by atoms with van der Waals surface area (Å²) in [5.41, 5.74) is 0.896. The number of nitrogens with zero attached hydrogens (tertiary/aromatic N) is 3. The average molecular weight is 309 g/mol. The number of hydrogen-bond acceptors (Lipinski definition) is 5. The molecule has 1 fully saturated rings. The first-order chi connectivity index (χ1) is 11.3. The number of amides is 1. The van der Waals surface area contributed by atoms with Gasteiger partial charge >= 0.3 is 0 Å². The first-order valence-corrected chi connectivity index (χ1v) is 7.53. The standard InChI is InChI=1S/C17H15N3O3/c21-17(14-7-4-10-22-14)20-9-8-13(11-20)15-18-16(23-19-15)12-5-2-1-3-6-12/h1-7,10,13H,8-9,11H2/t13-/m1/s1. The molecule has 0 aliphatic carbocycles. The largest absolute Gasteiger partial charge is 0.459 e. The molecule has 0 radical (unpaired) electrons. The molecule has 6 heteroatoms. The van der Waals surface area contributed by atoms with Crippen molar-refractivity contribution in [3.8, 4) is 11.5 Å². The first-order valence-electron chi connectivity index (χ1n) is 7.53. The summed E-state index contributed by atoms with van der Waals surface area (Å²) in [7, 11) is 0. The minimum Gasteiger partial charge on any atom is -0.459 e. The Kier molecular flexibility index (Phi) is 3.42. The third-order valence-electron chi connectivity index (χ3n) is 4.04. The number of likely N-dealkylation sites (tertiary alicyclic amines) is 1. The van der Waals surface area contributed by atoms with Gasteiger partial charge in [0.15, 0.2) is 11.6 Å². The fraction of sp³-hybridized carbons (Fsp3) is 0.235. The summed E-state index contributed by atoms with van der Waals surface area (Å²) < 4.78 is 10.5. The molecule has 0 unspecified atom stereocenters. The topological polar surface area (TPSA) is 72.4 Å². The summed E-state index contributed by atoms with van der Waals surface area (Å²) in [6.45, 7) is 1.24. The van der Waals surface area contributed by atoms with E-state index >= 15 is 0 Å². The minimum absolute atomic E-state index is 0.0927. The number of furan rings is 1. The zero-order valence-electron chi connectivity index (χ0n) is 12.4. The number of carbonyl (C=O) groups is 1. The Hall–Kier alpha value is -2.89. The molecule has 2 aromatic heterocycles. The summed E-state index contributed by atoms with van der Waals surface area (Å²) in [6.07, 6.45) is 2.33. The van der Waals surface area contributed by atoms with Crippen LogP contribution in [0.5, 0.6) is 0 Å². The molecule has 1 aliphatic rings. The summed E-state index contributed by atoms with van der Waals surface area (Å²) in [5.74, 6) is 1.53. The van der Waals surface area contributed by atoms with E-state index in [1.807, 2.05) is 30.3 Å². The molecule has 0 bridgehead atoms. The van der Waals surface area contributed by atoms with Crippen LogP contribution in [0, 0.1) is 0 Å². The second-order valence-electron chi connectivity index (χ2n) is 5.54. The van der Waals surface area contributed by atoms with Crippen LogP contribution in [0.15, 0.2) is 57.7 Å². The molecule has 3 aromatic rings. The van der Waals surface area contributed by atoms with Crippen molar-refractivity contribution in [2.24, 2.45) is 0 Å². The van der Waals surface area contributed by atoms with E-state index in [-0.39, 0.29) is 11.8 Å². The molecule has 1 amide bonds. The van der Waals surface area contributed by atoms with Crippen LogP contribution in [-0.2, 0) is 0 Å². The monoisotopic (exact) mass is 309 g/mol. The van der Waals surface area contributed by atoms with Gasteiger partial charge in [0.25, 0.3) is 11.8 Å². The molecule has 23 heavy (non-hydrogen) atoms. The maximum Gasteiger partial charge on any atom is 0.289 e. The number of carbonyl (C=O) groups excluding carboxylic acids is 1. The quantitative estimate of drug-likeness (QED) is 0.743. The van der Waals surface area contributed by atoms with E-state index in [0.717, 1.165) is 12.0 Å². The lowest BCUT2D eigenvalue weighted by molar-refractivity contribution is 0.0759. The Morgan fingerprint density at radius 3 is 2.83 bits per heavy atom. The fourth-order valence-corrected chi connectivity index (χ4v) is 2.81. The van der Waals surface area contributed by atoms with Gasteiger partial charge < -0.3 is 13.8 Å². The van der Waals surface area contributed by atoms with Crippen LogP contribution in [0.4, 0.5) is 0 Å². The highest BCUT2D eigenvalue weighted by atomic mass is 16.5. The van der Waals surface area contributed by atoms with E-state index in [1.54, 1.807) is 17.0 Å². The van der Waals surface area contributed by atoms with Gasteiger partial charge in [0.05, 0.1) is 6.26 Å². The second-order valence-corrected chi connectivity index (χ2v) is 5.54. The molecule has 1 atom stereocenters. The highest BCUT2D eigenvalue weighted by molar-refractivity contribution is 5.91. The second kappa shape index (κ2) is 5.72. The summed E-state index contributed by atoms with van der Waals surface area (Å²) >= 11 is 0. The van der Waals surface area contributed by atoms with E-state index in [1.165, 1.54) is 6.26 Å². The average Bonchev–Trinajstić information content (AvgIpc) is 3.35. The molecule has 1 aliphatic heterocycles. The van der Waals surface area contributed by atoms with Gasteiger partial charge in [0, 0.05) is 24.6 Å². The molecule has 4 rings (SSSR count). The summed E-state index contributed by atoms with van der Waals surface area (Å²) in [4.78, 5) is 18.5. The number of hydrogen-bond donors (Lipinski definition) is 0. The van der Waals surface area contributed by atoms with Crippen molar-refractivity contribution >= 4 is 5.91 Å². The van der Waals surface area contributed by atoms with Crippen molar-refractivity contribution in [2.75, 3.05) is 13.1 Å². The zero-order chi connectivity index (χ0) is 15.6. The molecule has 116 valence electrons. The normalized spacial score (nSPS) is 17.6. The smallest absolute Gasteiger partial charge is 0.289 e. The number of rotatable bonds is 3. The fourth-order valence-electron chi connectivity index (χ4n) is 2.81. The van der Waals surface area contributed by atoms with Crippen LogP contribution in [0.1, 0.15) is 28.7 Å². The van der Waals surface area contributed by atoms with Crippen LogP contribution >= 0.6 is 0 Å². The third-order valence-corrected chi connectivity index (χ3v) is 4.04. The Morgan fingerprint density at radius 1 is 1.17 bits per heavy atom. The Morgan fingerprint density at radius 2 is 2.04 bits per heavy atom. The predicted octanol–water partition coefficient (Wildman–Crippen LogP) is 2.96. The van der Waals surface area contributed by atoms with Crippen molar-refractivity contribution in [3.63, 3.8) is 0 Å². The summed E-state index contributed by atoms with van der Waals surface area (Å²) in [6, 6.07) is 13.0. The van der Waals surface area contributed by atoms with Gasteiger partial charge in [0.1, 0.15) is 0 Å². The molecule has 1 aromatic carbocycles. The van der Waals surface area contributed by atoms with E-state index < -0.39 is 0 Å². The van der Waals surface area contributed by atoms with Gasteiger partial charge in [-0.2, -0.15) is 4.98 Å². The first kappa shape index (κ1) is 13.8. The lowest BCUT2D eigenvalue weighted by Crippen LogP contribution is -2.28. The van der Waals surface area contributed by atoms with Crippen molar-refractivity contribution in [2.45, 2.75) is 12.3 Å². The van der Waals surface area contributed by atoms with Crippen LogP contribution in [-0.4, -0.2) is 34.0 Å². The van der Waals surface area contributed by atoms with Crippen molar-refractivity contribution in [3.05, 3.63) is 60.3 Å².